The largest absolute Gasteiger partial charge is 0.506 e. The summed E-state index contributed by atoms with van der Waals surface area (Å²) in [6.07, 6.45) is -0.416. The van der Waals surface area contributed by atoms with Gasteiger partial charge in [-0.25, -0.2) is 4.79 Å². The van der Waals surface area contributed by atoms with Crippen LogP contribution in [-0.4, -0.2) is 17.8 Å². The van der Waals surface area contributed by atoms with Crippen molar-refractivity contribution in [2.75, 3.05) is 6.61 Å². The van der Waals surface area contributed by atoms with Crippen LogP contribution in [-0.2, 0) is 4.74 Å². The lowest BCUT2D eigenvalue weighted by atomic mass is 10.1. The van der Waals surface area contributed by atoms with Gasteiger partial charge in [0.25, 0.3) is 0 Å². The van der Waals surface area contributed by atoms with Crippen LogP contribution in [0, 0.1) is 0 Å². The Morgan fingerprint density at radius 3 is 2.47 bits per heavy atom. The number of rotatable bonds is 1. The summed E-state index contributed by atoms with van der Waals surface area (Å²) in [5, 5.41) is 12.2. The fourth-order valence-electron chi connectivity index (χ4n) is 1.35. The van der Waals surface area contributed by atoms with Gasteiger partial charge < -0.3 is 15.2 Å². The number of amides is 1. The number of alkyl carbamates (subject to hydrolysis) is 1. The monoisotopic (exact) mass is 335 g/mol. The summed E-state index contributed by atoms with van der Waals surface area (Å²) in [6, 6.07) is 3.34. The highest BCUT2D eigenvalue weighted by atomic mass is 79.9. The normalized spacial score (nSPS) is 19.9. The molecule has 15 heavy (non-hydrogen) atoms. The molecule has 0 bridgehead atoms. The second-order valence-corrected chi connectivity index (χ2v) is 4.84. The number of nitrogens with one attached hydrogen (secondary N) is 1. The summed E-state index contributed by atoms with van der Waals surface area (Å²) in [5.41, 5.74) is 0.873. The molecule has 1 aliphatic heterocycles. The lowest BCUT2D eigenvalue weighted by molar-refractivity contribution is 0.177. The van der Waals surface area contributed by atoms with Gasteiger partial charge in [0.1, 0.15) is 12.4 Å². The van der Waals surface area contributed by atoms with Gasteiger partial charge in [-0.1, -0.05) is 0 Å². The third-order valence-corrected chi connectivity index (χ3v) is 3.32. The van der Waals surface area contributed by atoms with Gasteiger partial charge in [-0.15, -0.1) is 0 Å². The quantitative estimate of drug-likeness (QED) is 0.829. The number of halogens is 2. The summed E-state index contributed by atoms with van der Waals surface area (Å²) in [5.74, 6) is 0.143. The standard InChI is InChI=1S/C9H7Br2NO3/c10-5-1-4(2-6(11)8(5)13)7-3-15-9(14)12-7/h1-2,7,13H,3H2,(H,12,14)/t7-/m0/s1. The van der Waals surface area contributed by atoms with Crippen molar-refractivity contribution in [1.29, 1.82) is 0 Å². The second kappa shape index (κ2) is 4.02. The highest BCUT2D eigenvalue weighted by molar-refractivity contribution is 9.11. The van der Waals surface area contributed by atoms with Crippen molar-refractivity contribution in [3.63, 3.8) is 0 Å². The first-order chi connectivity index (χ1) is 7.08. The first-order valence-electron chi connectivity index (χ1n) is 4.19. The van der Waals surface area contributed by atoms with Crippen molar-refractivity contribution in [3.8, 4) is 5.75 Å². The van der Waals surface area contributed by atoms with Crippen LogP contribution < -0.4 is 5.32 Å². The summed E-state index contributed by atoms with van der Waals surface area (Å²) < 4.78 is 5.94. The maximum absolute atomic E-state index is 10.9. The Bertz CT molecular complexity index is 399. The molecular weight excluding hydrogens is 330 g/mol. The molecule has 0 aliphatic carbocycles. The first-order valence-corrected chi connectivity index (χ1v) is 5.77. The number of ether oxygens (including phenoxy) is 1. The molecule has 0 spiro atoms. The molecule has 1 aromatic rings. The molecule has 0 aromatic heterocycles. The minimum atomic E-state index is -0.416. The lowest BCUT2D eigenvalue weighted by Crippen LogP contribution is -2.18. The van der Waals surface area contributed by atoms with Gasteiger partial charge in [-0.3, -0.25) is 0 Å². The number of hydrogen-bond acceptors (Lipinski definition) is 3. The van der Waals surface area contributed by atoms with Gasteiger partial charge in [0.2, 0.25) is 0 Å². The third-order valence-electron chi connectivity index (χ3n) is 2.11. The molecule has 0 unspecified atom stereocenters. The van der Waals surface area contributed by atoms with Crippen molar-refractivity contribution >= 4 is 38.0 Å². The molecule has 80 valence electrons. The third kappa shape index (κ3) is 2.10. The number of carbonyl (C=O) groups excluding carboxylic acids is 1. The molecule has 2 N–H and O–H groups in total. The SMILES string of the molecule is O=C1N[C@H](c2cc(Br)c(O)c(Br)c2)CO1. The van der Waals surface area contributed by atoms with Crippen molar-refractivity contribution in [1.82, 2.24) is 5.32 Å². The molecule has 1 atom stereocenters. The number of carbonyl (C=O) groups is 1. The Labute approximate surface area is 103 Å². The van der Waals surface area contributed by atoms with Crippen molar-refractivity contribution in [3.05, 3.63) is 26.6 Å². The zero-order valence-electron chi connectivity index (χ0n) is 7.46. The van der Waals surface area contributed by atoms with Crippen LogP contribution in [0.2, 0.25) is 0 Å². The molecule has 1 heterocycles. The molecule has 1 aromatic carbocycles. The molecule has 1 saturated heterocycles. The molecule has 2 rings (SSSR count). The van der Waals surface area contributed by atoms with Crippen LogP contribution in [0.25, 0.3) is 0 Å². The zero-order valence-corrected chi connectivity index (χ0v) is 10.6. The van der Waals surface area contributed by atoms with E-state index in [1.54, 1.807) is 12.1 Å². The predicted molar refractivity (Wildman–Crippen MR) is 60.7 cm³/mol. The van der Waals surface area contributed by atoms with Crippen LogP contribution in [0.5, 0.6) is 5.75 Å². The fraction of sp³-hybridized carbons (Fsp3) is 0.222. The first kappa shape index (κ1) is 10.8. The number of aromatic hydroxyl groups is 1. The Hall–Kier alpha value is -0.750. The molecule has 1 amide bonds. The van der Waals surface area contributed by atoms with E-state index in [9.17, 15) is 9.90 Å². The molecule has 1 aliphatic rings. The van der Waals surface area contributed by atoms with Crippen LogP contribution in [0.3, 0.4) is 0 Å². The fourth-order valence-corrected chi connectivity index (χ4v) is 2.57. The molecule has 1 fully saturated rings. The van der Waals surface area contributed by atoms with Crippen LogP contribution in [0.15, 0.2) is 21.1 Å². The summed E-state index contributed by atoms with van der Waals surface area (Å²) in [4.78, 5) is 10.9. The van der Waals surface area contributed by atoms with E-state index >= 15 is 0 Å². The maximum atomic E-state index is 10.9. The van der Waals surface area contributed by atoms with E-state index < -0.39 is 6.09 Å². The zero-order chi connectivity index (χ0) is 11.0. The van der Waals surface area contributed by atoms with Crippen LogP contribution in [0.1, 0.15) is 11.6 Å². The minimum Gasteiger partial charge on any atom is -0.506 e. The Morgan fingerprint density at radius 2 is 2.00 bits per heavy atom. The number of cyclic esters (lactones) is 1. The second-order valence-electron chi connectivity index (χ2n) is 3.13. The number of benzene rings is 1. The van der Waals surface area contributed by atoms with Crippen molar-refractivity contribution < 1.29 is 14.6 Å². The molecule has 6 heteroatoms. The van der Waals surface area contributed by atoms with Crippen LogP contribution >= 0.6 is 31.9 Å². The molecular formula is C9H7Br2NO3. The number of hydrogen-bond donors (Lipinski definition) is 2. The average Bonchev–Trinajstić information content (AvgIpc) is 2.60. The van der Waals surface area contributed by atoms with E-state index in [0.717, 1.165) is 5.56 Å². The molecule has 0 radical (unpaired) electrons. The lowest BCUT2D eigenvalue weighted by Gasteiger charge is -2.10. The van der Waals surface area contributed by atoms with E-state index in [2.05, 4.69) is 37.2 Å². The summed E-state index contributed by atoms with van der Waals surface area (Å²) in [6.45, 7) is 0.308. The van der Waals surface area contributed by atoms with Crippen molar-refractivity contribution in [2.24, 2.45) is 0 Å². The van der Waals surface area contributed by atoms with Gasteiger partial charge in [-0.2, -0.15) is 0 Å². The Balaban J connectivity index is 2.33. The van der Waals surface area contributed by atoms with E-state index in [4.69, 9.17) is 4.74 Å². The van der Waals surface area contributed by atoms with E-state index in [0.29, 0.717) is 15.6 Å². The van der Waals surface area contributed by atoms with E-state index in [-0.39, 0.29) is 11.8 Å². The highest BCUT2D eigenvalue weighted by Crippen LogP contribution is 2.35. The van der Waals surface area contributed by atoms with E-state index in [1.165, 1.54) is 0 Å². The number of phenols is 1. The van der Waals surface area contributed by atoms with Gasteiger partial charge in [0.05, 0.1) is 15.0 Å². The van der Waals surface area contributed by atoms with E-state index in [1.807, 2.05) is 0 Å². The predicted octanol–water partition coefficient (Wildman–Crippen LogP) is 2.70. The minimum absolute atomic E-state index is 0.143. The summed E-state index contributed by atoms with van der Waals surface area (Å²) in [7, 11) is 0. The van der Waals surface area contributed by atoms with Crippen LogP contribution in [0.4, 0.5) is 4.79 Å². The average molecular weight is 337 g/mol. The maximum Gasteiger partial charge on any atom is 0.407 e. The van der Waals surface area contributed by atoms with Gasteiger partial charge in [0, 0.05) is 0 Å². The Morgan fingerprint density at radius 1 is 1.40 bits per heavy atom. The Kier molecular flexibility index (Phi) is 2.88. The number of phenolic OH excluding ortho intramolecular Hbond substituents is 1. The molecule has 4 nitrogen and oxygen atoms in total. The van der Waals surface area contributed by atoms with Gasteiger partial charge >= 0.3 is 6.09 Å². The molecule has 0 saturated carbocycles. The van der Waals surface area contributed by atoms with Gasteiger partial charge in [0.15, 0.2) is 0 Å². The highest BCUT2D eigenvalue weighted by Gasteiger charge is 2.24. The van der Waals surface area contributed by atoms with Gasteiger partial charge in [-0.05, 0) is 49.6 Å². The smallest absolute Gasteiger partial charge is 0.407 e. The summed E-state index contributed by atoms with van der Waals surface area (Å²) >= 11 is 6.45. The van der Waals surface area contributed by atoms with Crippen molar-refractivity contribution in [2.45, 2.75) is 6.04 Å². The topological polar surface area (TPSA) is 58.6 Å².